The summed E-state index contributed by atoms with van der Waals surface area (Å²) in [6.07, 6.45) is 8.55. The molecule has 0 radical (unpaired) electrons. The van der Waals surface area contributed by atoms with E-state index in [1.807, 2.05) is 0 Å². The van der Waals surface area contributed by atoms with Crippen molar-refractivity contribution in [1.82, 2.24) is 0 Å². The van der Waals surface area contributed by atoms with Crippen LogP contribution in [-0.4, -0.2) is 0 Å². The van der Waals surface area contributed by atoms with E-state index in [4.69, 9.17) is 6.42 Å². The Morgan fingerprint density at radius 1 is 1.75 bits per heavy atom. The Balaban J connectivity index is 2.83. The molecule has 0 saturated heterocycles. The van der Waals surface area contributed by atoms with Crippen LogP contribution in [0.5, 0.6) is 0 Å². The van der Waals surface area contributed by atoms with Crippen LogP contribution >= 0.6 is 0 Å². The van der Waals surface area contributed by atoms with Gasteiger partial charge in [0.15, 0.2) is 0 Å². The van der Waals surface area contributed by atoms with Crippen LogP contribution in [0.4, 0.5) is 0 Å². The second kappa shape index (κ2) is 3.63. The smallest absolute Gasteiger partial charge is 0.0305 e. The molecule has 1 unspecified atom stereocenters. The van der Waals surface area contributed by atoms with Crippen LogP contribution in [0.2, 0.25) is 0 Å². The van der Waals surface area contributed by atoms with Crippen LogP contribution in [0, 0.1) is 18.3 Å². The normalized spacial score (nSPS) is 22.6. The predicted molar refractivity (Wildman–Crippen MR) is 53.7 cm³/mol. The first-order valence-electron chi connectivity index (χ1n) is 4.44. The Labute approximate surface area is 75.4 Å². The van der Waals surface area contributed by atoms with E-state index in [1.54, 1.807) is 0 Å². The Morgan fingerprint density at radius 3 is 2.92 bits per heavy atom. The number of hydrogen-bond acceptors (Lipinski definition) is 0. The molecule has 0 aliphatic heterocycles. The van der Waals surface area contributed by atoms with Crippen molar-refractivity contribution in [2.24, 2.45) is 5.92 Å². The molecule has 0 heteroatoms. The van der Waals surface area contributed by atoms with Crippen molar-refractivity contribution in [2.45, 2.75) is 33.1 Å². The first-order valence-corrected chi connectivity index (χ1v) is 4.44. The molecule has 0 aromatic heterocycles. The maximum atomic E-state index is 5.32. The minimum absolute atomic E-state index is 0.570. The Kier molecular flexibility index (Phi) is 2.76. The van der Waals surface area contributed by atoms with E-state index in [2.05, 4.69) is 26.3 Å². The molecule has 0 N–H and O–H groups in total. The lowest BCUT2D eigenvalue weighted by Gasteiger charge is -2.12. The van der Waals surface area contributed by atoms with Crippen molar-refractivity contribution in [3.05, 3.63) is 23.3 Å². The molecular formula is C12H16. The van der Waals surface area contributed by atoms with Crippen molar-refractivity contribution in [3.63, 3.8) is 0 Å². The number of allylic oxidation sites excluding steroid dienone is 3. The lowest BCUT2D eigenvalue weighted by atomic mass is 9.92. The van der Waals surface area contributed by atoms with Crippen LogP contribution < -0.4 is 0 Å². The van der Waals surface area contributed by atoms with Crippen LogP contribution in [0.15, 0.2) is 23.3 Å². The Bertz CT molecular complexity index is 260. The van der Waals surface area contributed by atoms with Gasteiger partial charge in [-0.15, -0.1) is 12.3 Å². The molecule has 0 fully saturated rings. The van der Waals surface area contributed by atoms with Gasteiger partial charge >= 0.3 is 0 Å². The summed E-state index contributed by atoms with van der Waals surface area (Å²) in [5.74, 6) is 3.30. The van der Waals surface area contributed by atoms with E-state index in [0.29, 0.717) is 5.92 Å². The molecule has 1 rings (SSSR count). The third kappa shape index (κ3) is 1.61. The number of hydrogen-bond donors (Lipinski definition) is 0. The molecule has 1 aliphatic carbocycles. The van der Waals surface area contributed by atoms with Gasteiger partial charge in [0, 0.05) is 12.3 Å². The fraction of sp³-hybridized carbons (Fsp3) is 0.500. The summed E-state index contributed by atoms with van der Waals surface area (Å²) in [4.78, 5) is 0. The van der Waals surface area contributed by atoms with Gasteiger partial charge in [0.25, 0.3) is 0 Å². The second-order valence-electron chi connectivity index (χ2n) is 3.62. The summed E-state index contributed by atoms with van der Waals surface area (Å²) in [6.45, 7) is 8.29. The highest BCUT2D eigenvalue weighted by Gasteiger charge is 2.22. The van der Waals surface area contributed by atoms with Gasteiger partial charge in [0.1, 0.15) is 0 Å². The summed E-state index contributed by atoms with van der Waals surface area (Å²) in [5.41, 5.74) is 4.20. The molecule has 0 heterocycles. The van der Waals surface area contributed by atoms with Crippen molar-refractivity contribution in [2.75, 3.05) is 0 Å². The standard InChI is InChI=1S/C12H16/c1-5-6-12-10(4)7-8-11(12)9(2)3/h1,11H,2,6-8H2,3-4H3. The zero-order valence-corrected chi connectivity index (χ0v) is 7.98. The van der Waals surface area contributed by atoms with Gasteiger partial charge in [0.05, 0.1) is 0 Å². The van der Waals surface area contributed by atoms with Crippen molar-refractivity contribution >= 4 is 0 Å². The van der Waals surface area contributed by atoms with Crippen LogP contribution in [0.25, 0.3) is 0 Å². The van der Waals surface area contributed by atoms with Gasteiger partial charge in [0.2, 0.25) is 0 Å². The summed E-state index contributed by atoms with van der Waals surface area (Å²) in [7, 11) is 0. The molecule has 0 spiro atoms. The molecule has 0 nitrogen and oxygen atoms in total. The minimum Gasteiger partial charge on any atom is -0.120 e. The van der Waals surface area contributed by atoms with Crippen LogP contribution in [0.1, 0.15) is 33.1 Å². The molecule has 1 aliphatic rings. The topological polar surface area (TPSA) is 0 Å². The minimum atomic E-state index is 0.570. The fourth-order valence-corrected chi connectivity index (χ4v) is 1.92. The highest BCUT2D eigenvalue weighted by atomic mass is 14.3. The third-order valence-corrected chi connectivity index (χ3v) is 2.66. The van der Waals surface area contributed by atoms with E-state index in [1.165, 1.54) is 29.6 Å². The third-order valence-electron chi connectivity index (χ3n) is 2.66. The largest absolute Gasteiger partial charge is 0.120 e. The fourth-order valence-electron chi connectivity index (χ4n) is 1.92. The van der Waals surface area contributed by atoms with E-state index in [0.717, 1.165) is 6.42 Å². The van der Waals surface area contributed by atoms with Gasteiger partial charge in [-0.05, 0) is 26.7 Å². The highest BCUT2D eigenvalue weighted by Crippen LogP contribution is 2.37. The average Bonchev–Trinajstić information content (AvgIpc) is 2.34. The van der Waals surface area contributed by atoms with E-state index in [-0.39, 0.29) is 0 Å². The number of terminal acetylenes is 1. The van der Waals surface area contributed by atoms with Gasteiger partial charge < -0.3 is 0 Å². The molecule has 0 aromatic carbocycles. The van der Waals surface area contributed by atoms with Gasteiger partial charge in [-0.3, -0.25) is 0 Å². The van der Waals surface area contributed by atoms with Gasteiger partial charge in [-0.2, -0.15) is 0 Å². The van der Waals surface area contributed by atoms with E-state index >= 15 is 0 Å². The summed E-state index contributed by atoms with van der Waals surface area (Å²) >= 11 is 0. The lowest BCUT2D eigenvalue weighted by Crippen LogP contribution is -1.99. The van der Waals surface area contributed by atoms with Crippen molar-refractivity contribution < 1.29 is 0 Å². The van der Waals surface area contributed by atoms with Crippen molar-refractivity contribution in [1.29, 1.82) is 0 Å². The molecule has 0 amide bonds. The average molecular weight is 160 g/mol. The number of rotatable bonds is 2. The van der Waals surface area contributed by atoms with Crippen LogP contribution in [-0.2, 0) is 0 Å². The van der Waals surface area contributed by atoms with Crippen LogP contribution in [0.3, 0.4) is 0 Å². The van der Waals surface area contributed by atoms with Gasteiger partial charge in [-0.25, -0.2) is 0 Å². The monoisotopic (exact) mass is 160 g/mol. The second-order valence-corrected chi connectivity index (χ2v) is 3.62. The maximum Gasteiger partial charge on any atom is 0.0305 e. The van der Waals surface area contributed by atoms with Gasteiger partial charge in [-0.1, -0.05) is 23.3 Å². The highest BCUT2D eigenvalue weighted by molar-refractivity contribution is 5.30. The first-order chi connectivity index (χ1) is 5.66. The quantitative estimate of drug-likeness (QED) is 0.429. The van der Waals surface area contributed by atoms with E-state index < -0.39 is 0 Å². The summed E-state index contributed by atoms with van der Waals surface area (Å²) < 4.78 is 0. The lowest BCUT2D eigenvalue weighted by molar-refractivity contribution is 0.690. The first kappa shape index (κ1) is 9.13. The zero-order chi connectivity index (χ0) is 9.14. The molecule has 64 valence electrons. The Hall–Kier alpha value is -0.960. The summed E-state index contributed by atoms with van der Waals surface area (Å²) in [6, 6.07) is 0. The van der Waals surface area contributed by atoms with Crippen molar-refractivity contribution in [3.8, 4) is 12.3 Å². The summed E-state index contributed by atoms with van der Waals surface area (Å²) in [5, 5.41) is 0. The zero-order valence-electron chi connectivity index (χ0n) is 7.98. The molecule has 0 aromatic rings. The molecule has 0 saturated carbocycles. The maximum absolute atomic E-state index is 5.32. The Morgan fingerprint density at radius 2 is 2.42 bits per heavy atom. The SMILES string of the molecule is C#CCC1=C(C)CCC1C(=C)C. The predicted octanol–water partition coefficient (Wildman–Crippen LogP) is 3.31. The van der Waals surface area contributed by atoms with E-state index in [9.17, 15) is 0 Å². The molecule has 0 bridgehead atoms. The molecule has 1 atom stereocenters. The molecular weight excluding hydrogens is 144 g/mol. The molecule has 12 heavy (non-hydrogen) atoms.